The fourth-order valence-corrected chi connectivity index (χ4v) is 1.72. The Labute approximate surface area is 99.2 Å². The number of amides is 1. The zero-order chi connectivity index (χ0) is 12.1. The smallest absolute Gasteiger partial charge is 0.243 e. The maximum Gasteiger partial charge on any atom is 0.243 e. The number of nitrogens with two attached hydrogens (primary N) is 1. The summed E-state index contributed by atoms with van der Waals surface area (Å²) in [5.74, 6) is 4.66. The van der Waals surface area contributed by atoms with Gasteiger partial charge in [-0.15, -0.1) is 0 Å². The van der Waals surface area contributed by atoms with Crippen LogP contribution in [0.25, 0.3) is 0 Å². The van der Waals surface area contributed by atoms with E-state index in [0.717, 1.165) is 5.56 Å². The van der Waals surface area contributed by atoms with Crippen LogP contribution < -0.4 is 11.3 Å². The molecule has 5 heteroatoms. The van der Waals surface area contributed by atoms with Gasteiger partial charge in [-0.25, -0.2) is 5.84 Å². The van der Waals surface area contributed by atoms with E-state index in [1.165, 1.54) is 0 Å². The molecule has 1 unspecified atom stereocenters. The van der Waals surface area contributed by atoms with E-state index >= 15 is 0 Å². The first-order chi connectivity index (χ1) is 8.31. The highest BCUT2D eigenvalue weighted by Crippen LogP contribution is 2.17. The molecule has 2 aromatic rings. The Morgan fingerprint density at radius 2 is 2.12 bits per heavy atom. The predicted octanol–water partition coefficient (Wildman–Crippen LogP) is 0.657. The summed E-state index contributed by atoms with van der Waals surface area (Å²) in [5, 5.41) is 4.09. The van der Waals surface area contributed by atoms with E-state index in [1.807, 2.05) is 42.6 Å². The lowest BCUT2D eigenvalue weighted by molar-refractivity contribution is -0.123. The summed E-state index contributed by atoms with van der Waals surface area (Å²) >= 11 is 0. The Morgan fingerprint density at radius 3 is 2.71 bits per heavy atom. The normalized spacial score (nSPS) is 12.1. The number of rotatable bonds is 4. The number of carbonyl (C=O) groups is 1. The van der Waals surface area contributed by atoms with Crippen LogP contribution in [0.4, 0.5) is 0 Å². The molecule has 0 saturated carbocycles. The molecule has 5 nitrogen and oxygen atoms in total. The fourth-order valence-electron chi connectivity index (χ4n) is 1.72. The van der Waals surface area contributed by atoms with Gasteiger partial charge in [0, 0.05) is 12.4 Å². The van der Waals surface area contributed by atoms with Gasteiger partial charge in [0.25, 0.3) is 0 Å². The molecule has 0 fully saturated rings. The zero-order valence-corrected chi connectivity index (χ0v) is 9.28. The number of nitrogens with zero attached hydrogens (tertiary/aromatic N) is 2. The van der Waals surface area contributed by atoms with Crippen LogP contribution in [0.2, 0.25) is 0 Å². The molecule has 0 aliphatic carbocycles. The number of benzene rings is 1. The van der Waals surface area contributed by atoms with Crippen molar-refractivity contribution in [3.8, 4) is 0 Å². The summed E-state index contributed by atoms with van der Waals surface area (Å²) in [6.07, 6.45) is 3.50. The molecule has 0 aliphatic heterocycles. The zero-order valence-electron chi connectivity index (χ0n) is 9.28. The van der Waals surface area contributed by atoms with Gasteiger partial charge in [-0.2, -0.15) is 5.10 Å². The van der Waals surface area contributed by atoms with Crippen LogP contribution in [0.15, 0.2) is 48.8 Å². The van der Waals surface area contributed by atoms with E-state index in [-0.39, 0.29) is 11.8 Å². The first kappa shape index (κ1) is 11.3. The molecule has 0 spiro atoms. The van der Waals surface area contributed by atoms with Crippen LogP contribution in [0.3, 0.4) is 0 Å². The molecule has 1 amide bonds. The van der Waals surface area contributed by atoms with Crippen molar-refractivity contribution >= 4 is 5.91 Å². The molecular weight excluding hydrogens is 216 g/mol. The third-order valence-corrected chi connectivity index (χ3v) is 2.59. The van der Waals surface area contributed by atoms with E-state index < -0.39 is 0 Å². The topological polar surface area (TPSA) is 72.9 Å². The van der Waals surface area contributed by atoms with Gasteiger partial charge in [0.1, 0.15) is 0 Å². The Kier molecular flexibility index (Phi) is 3.52. The average Bonchev–Trinajstić information content (AvgIpc) is 2.89. The highest BCUT2D eigenvalue weighted by molar-refractivity contribution is 5.82. The first-order valence-electron chi connectivity index (χ1n) is 5.34. The maximum atomic E-state index is 11.8. The Hall–Kier alpha value is -2.14. The van der Waals surface area contributed by atoms with E-state index in [4.69, 9.17) is 5.84 Å². The van der Waals surface area contributed by atoms with Crippen LogP contribution in [0, 0.1) is 0 Å². The molecule has 1 aromatic heterocycles. The minimum Gasteiger partial charge on any atom is -0.294 e. The fraction of sp³-hybridized carbons (Fsp3) is 0.167. The number of carbonyl (C=O) groups excluding carboxylic acids is 1. The average molecular weight is 230 g/mol. The van der Waals surface area contributed by atoms with Gasteiger partial charge in [0.15, 0.2) is 0 Å². The highest BCUT2D eigenvalue weighted by Gasteiger charge is 2.20. The van der Waals surface area contributed by atoms with Gasteiger partial charge in [0.2, 0.25) is 5.91 Å². The summed E-state index contributed by atoms with van der Waals surface area (Å²) in [7, 11) is 0. The van der Waals surface area contributed by atoms with Gasteiger partial charge >= 0.3 is 0 Å². The standard InChI is InChI=1S/C12H14N4O/c13-15-12(17)11(9-16-8-4-7-14-16)10-5-2-1-3-6-10/h1-8,11H,9,13H2,(H,15,17). The summed E-state index contributed by atoms with van der Waals surface area (Å²) in [5.41, 5.74) is 3.12. The number of hydrogen-bond acceptors (Lipinski definition) is 3. The summed E-state index contributed by atoms with van der Waals surface area (Å²) < 4.78 is 1.72. The Balaban J connectivity index is 2.23. The molecule has 1 atom stereocenters. The number of hydrogen-bond donors (Lipinski definition) is 2. The second kappa shape index (κ2) is 5.27. The van der Waals surface area contributed by atoms with Crippen molar-refractivity contribution in [1.82, 2.24) is 15.2 Å². The molecule has 1 aromatic carbocycles. The summed E-state index contributed by atoms with van der Waals surface area (Å²) in [6.45, 7) is 0.472. The van der Waals surface area contributed by atoms with E-state index in [2.05, 4.69) is 10.5 Å². The maximum absolute atomic E-state index is 11.8. The molecule has 3 N–H and O–H groups in total. The second-order valence-electron chi connectivity index (χ2n) is 3.70. The highest BCUT2D eigenvalue weighted by atomic mass is 16.2. The van der Waals surface area contributed by atoms with Crippen molar-refractivity contribution in [2.75, 3.05) is 0 Å². The van der Waals surface area contributed by atoms with Crippen molar-refractivity contribution in [2.45, 2.75) is 12.5 Å². The molecule has 17 heavy (non-hydrogen) atoms. The summed E-state index contributed by atoms with van der Waals surface area (Å²) in [6, 6.07) is 11.3. The van der Waals surface area contributed by atoms with Crippen molar-refractivity contribution in [3.05, 3.63) is 54.4 Å². The van der Waals surface area contributed by atoms with Crippen molar-refractivity contribution in [3.63, 3.8) is 0 Å². The third kappa shape index (κ3) is 2.70. The SMILES string of the molecule is NNC(=O)C(Cn1cccn1)c1ccccc1. The van der Waals surface area contributed by atoms with Gasteiger partial charge in [0.05, 0.1) is 12.5 Å². The number of aromatic nitrogens is 2. The van der Waals surface area contributed by atoms with Crippen LogP contribution in [0.5, 0.6) is 0 Å². The molecule has 2 rings (SSSR count). The lowest BCUT2D eigenvalue weighted by Crippen LogP contribution is -2.36. The molecular formula is C12H14N4O. The molecule has 0 saturated heterocycles. The van der Waals surface area contributed by atoms with Crippen molar-refractivity contribution < 1.29 is 4.79 Å². The van der Waals surface area contributed by atoms with Crippen LogP contribution in [-0.4, -0.2) is 15.7 Å². The Bertz CT molecular complexity index is 467. The number of hydrazine groups is 1. The quantitative estimate of drug-likeness (QED) is 0.460. The van der Waals surface area contributed by atoms with Gasteiger partial charge in [-0.05, 0) is 11.6 Å². The molecule has 88 valence electrons. The molecule has 0 bridgehead atoms. The van der Waals surface area contributed by atoms with E-state index in [0.29, 0.717) is 6.54 Å². The van der Waals surface area contributed by atoms with Crippen molar-refractivity contribution in [2.24, 2.45) is 5.84 Å². The Morgan fingerprint density at radius 1 is 1.35 bits per heavy atom. The molecule has 1 heterocycles. The van der Waals surface area contributed by atoms with Crippen LogP contribution in [-0.2, 0) is 11.3 Å². The second-order valence-corrected chi connectivity index (χ2v) is 3.70. The van der Waals surface area contributed by atoms with Gasteiger partial charge in [-0.1, -0.05) is 30.3 Å². The molecule has 0 radical (unpaired) electrons. The van der Waals surface area contributed by atoms with E-state index in [1.54, 1.807) is 10.9 Å². The first-order valence-corrected chi connectivity index (χ1v) is 5.34. The number of nitrogens with one attached hydrogen (secondary N) is 1. The lowest BCUT2D eigenvalue weighted by atomic mass is 9.98. The van der Waals surface area contributed by atoms with Crippen LogP contribution >= 0.6 is 0 Å². The predicted molar refractivity (Wildman–Crippen MR) is 63.7 cm³/mol. The van der Waals surface area contributed by atoms with Gasteiger partial charge < -0.3 is 0 Å². The van der Waals surface area contributed by atoms with E-state index in [9.17, 15) is 4.79 Å². The van der Waals surface area contributed by atoms with Crippen LogP contribution in [0.1, 0.15) is 11.5 Å². The lowest BCUT2D eigenvalue weighted by Gasteiger charge is -2.15. The minimum absolute atomic E-state index is 0.216. The minimum atomic E-state index is -0.332. The summed E-state index contributed by atoms with van der Waals surface area (Å²) in [4.78, 5) is 11.8. The van der Waals surface area contributed by atoms with Gasteiger partial charge in [-0.3, -0.25) is 14.9 Å². The monoisotopic (exact) mass is 230 g/mol. The molecule has 0 aliphatic rings. The van der Waals surface area contributed by atoms with Crippen molar-refractivity contribution in [1.29, 1.82) is 0 Å². The largest absolute Gasteiger partial charge is 0.294 e. The third-order valence-electron chi connectivity index (χ3n) is 2.59.